The maximum atomic E-state index is 10.6. The third-order valence-electron chi connectivity index (χ3n) is 2.33. The molecule has 4 nitrogen and oxygen atoms in total. The van der Waals surface area contributed by atoms with Crippen LogP contribution in [0.4, 0.5) is 0 Å². The number of hydrogen-bond acceptors (Lipinski definition) is 3. The van der Waals surface area contributed by atoms with Gasteiger partial charge >= 0.3 is 5.97 Å². The Morgan fingerprint density at radius 2 is 2.00 bits per heavy atom. The molecule has 0 aliphatic heterocycles. The fourth-order valence-electron chi connectivity index (χ4n) is 1.31. The molecule has 0 radical (unpaired) electrons. The molecule has 0 aromatic heterocycles. The van der Waals surface area contributed by atoms with Crippen LogP contribution in [-0.4, -0.2) is 22.3 Å². The average molecular weight is 224 g/mol. The number of carboxylic acids is 1. The molecule has 4 heteroatoms. The quantitative estimate of drug-likeness (QED) is 0.819. The summed E-state index contributed by atoms with van der Waals surface area (Å²) in [5.74, 6) is -0.474. The molecule has 0 saturated carbocycles. The van der Waals surface area contributed by atoms with Crippen molar-refractivity contribution in [3.05, 3.63) is 29.3 Å². The average Bonchev–Trinajstić information content (AvgIpc) is 2.20. The van der Waals surface area contributed by atoms with Gasteiger partial charge in [0.1, 0.15) is 5.75 Å². The second kappa shape index (κ2) is 4.99. The maximum absolute atomic E-state index is 10.6. The van der Waals surface area contributed by atoms with Crippen LogP contribution < -0.4 is 4.74 Å². The standard InChI is InChI=1S/C12H16O4/c1-7-6-10(8(2)13)4-5-11(7)16-9(3)12(14)15/h4-6,8-9,13H,1-3H3,(H,14,15)/t8-,9?/m1/s1. The van der Waals surface area contributed by atoms with Crippen LogP contribution in [0.25, 0.3) is 0 Å². The Hall–Kier alpha value is -1.55. The first-order valence-corrected chi connectivity index (χ1v) is 5.10. The van der Waals surface area contributed by atoms with Gasteiger partial charge in [0.25, 0.3) is 0 Å². The number of aliphatic hydroxyl groups is 1. The van der Waals surface area contributed by atoms with Gasteiger partial charge in [-0.25, -0.2) is 4.79 Å². The molecule has 0 amide bonds. The Balaban J connectivity index is 2.87. The number of rotatable bonds is 4. The van der Waals surface area contributed by atoms with Crippen LogP contribution >= 0.6 is 0 Å². The number of aryl methyl sites for hydroxylation is 1. The van der Waals surface area contributed by atoms with Crippen molar-refractivity contribution in [3.63, 3.8) is 0 Å². The zero-order chi connectivity index (χ0) is 12.3. The zero-order valence-electron chi connectivity index (χ0n) is 9.60. The van der Waals surface area contributed by atoms with E-state index in [1.165, 1.54) is 6.92 Å². The van der Waals surface area contributed by atoms with Gasteiger partial charge in [0.05, 0.1) is 6.10 Å². The molecule has 16 heavy (non-hydrogen) atoms. The first kappa shape index (κ1) is 12.5. The number of carboxylic acid groups (broad SMARTS) is 1. The van der Waals surface area contributed by atoms with Crippen molar-refractivity contribution in [2.75, 3.05) is 0 Å². The molecule has 1 rings (SSSR count). The highest BCUT2D eigenvalue weighted by Gasteiger charge is 2.14. The summed E-state index contributed by atoms with van der Waals surface area (Å²) < 4.78 is 5.26. The summed E-state index contributed by atoms with van der Waals surface area (Å²) in [6.07, 6.45) is -1.42. The highest BCUT2D eigenvalue weighted by Crippen LogP contribution is 2.23. The summed E-state index contributed by atoms with van der Waals surface area (Å²) in [5.41, 5.74) is 1.60. The van der Waals surface area contributed by atoms with Crippen molar-refractivity contribution >= 4 is 5.97 Å². The Morgan fingerprint density at radius 3 is 2.44 bits per heavy atom. The van der Waals surface area contributed by atoms with Gasteiger partial charge < -0.3 is 14.9 Å². The van der Waals surface area contributed by atoms with Gasteiger partial charge in [0, 0.05) is 0 Å². The highest BCUT2D eigenvalue weighted by molar-refractivity contribution is 5.72. The number of ether oxygens (including phenoxy) is 1. The van der Waals surface area contributed by atoms with Gasteiger partial charge in [-0.3, -0.25) is 0 Å². The van der Waals surface area contributed by atoms with Crippen molar-refractivity contribution in [3.8, 4) is 5.75 Å². The topological polar surface area (TPSA) is 66.8 Å². The molecule has 1 aromatic rings. The Kier molecular flexibility index (Phi) is 3.90. The minimum absolute atomic E-state index is 0.527. The Morgan fingerprint density at radius 1 is 1.38 bits per heavy atom. The zero-order valence-corrected chi connectivity index (χ0v) is 9.60. The third kappa shape index (κ3) is 2.97. The van der Waals surface area contributed by atoms with E-state index in [1.807, 2.05) is 6.92 Å². The lowest BCUT2D eigenvalue weighted by Crippen LogP contribution is -2.23. The van der Waals surface area contributed by atoms with Crippen molar-refractivity contribution in [1.29, 1.82) is 0 Å². The maximum Gasteiger partial charge on any atom is 0.344 e. The molecule has 1 aromatic carbocycles. The number of carbonyl (C=O) groups is 1. The largest absolute Gasteiger partial charge is 0.479 e. The monoisotopic (exact) mass is 224 g/mol. The van der Waals surface area contributed by atoms with Gasteiger partial charge in [-0.1, -0.05) is 6.07 Å². The van der Waals surface area contributed by atoms with E-state index < -0.39 is 18.2 Å². The van der Waals surface area contributed by atoms with Gasteiger partial charge in [-0.05, 0) is 44.0 Å². The molecule has 2 N–H and O–H groups in total. The van der Waals surface area contributed by atoms with Gasteiger partial charge in [-0.2, -0.15) is 0 Å². The smallest absolute Gasteiger partial charge is 0.344 e. The first-order chi connectivity index (χ1) is 7.41. The predicted molar refractivity (Wildman–Crippen MR) is 59.5 cm³/mol. The Labute approximate surface area is 94.5 Å². The second-order valence-electron chi connectivity index (χ2n) is 3.80. The number of hydrogen-bond donors (Lipinski definition) is 2. The van der Waals surface area contributed by atoms with Gasteiger partial charge in [0.2, 0.25) is 0 Å². The number of aliphatic carboxylic acids is 1. The van der Waals surface area contributed by atoms with Gasteiger partial charge in [0.15, 0.2) is 6.10 Å². The highest BCUT2D eigenvalue weighted by atomic mass is 16.5. The summed E-state index contributed by atoms with van der Waals surface area (Å²) in [6, 6.07) is 5.19. The van der Waals surface area contributed by atoms with Crippen LogP contribution in [0, 0.1) is 6.92 Å². The summed E-state index contributed by atoms with van der Waals surface area (Å²) in [4.78, 5) is 10.6. The molecular weight excluding hydrogens is 208 g/mol. The molecule has 0 bridgehead atoms. The van der Waals surface area contributed by atoms with Crippen LogP contribution in [0.5, 0.6) is 5.75 Å². The lowest BCUT2D eigenvalue weighted by Gasteiger charge is -2.14. The fourth-order valence-corrected chi connectivity index (χ4v) is 1.31. The molecule has 2 atom stereocenters. The molecule has 0 spiro atoms. The van der Waals surface area contributed by atoms with E-state index in [2.05, 4.69) is 0 Å². The number of benzene rings is 1. The lowest BCUT2D eigenvalue weighted by atomic mass is 10.1. The minimum atomic E-state index is -1.00. The number of aliphatic hydroxyl groups excluding tert-OH is 1. The first-order valence-electron chi connectivity index (χ1n) is 5.10. The van der Waals surface area contributed by atoms with E-state index >= 15 is 0 Å². The van der Waals surface area contributed by atoms with Crippen LogP contribution in [0.1, 0.15) is 31.1 Å². The molecule has 0 fully saturated rings. The van der Waals surface area contributed by atoms with E-state index in [9.17, 15) is 9.90 Å². The van der Waals surface area contributed by atoms with Crippen molar-refractivity contribution < 1.29 is 19.7 Å². The van der Waals surface area contributed by atoms with Crippen molar-refractivity contribution in [1.82, 2.24) is 0 Å². The molecule has 1 unspecified atom stereocenters. The predicted octanol–water partition coefficient (Wildman–Crippen LogP) is 1.90. The van der Waals surface area contributed by atoms with E-state index in [-0.39, 0.29) is 0 Å². The van der Waals surface area contributed by atoms with Crippen LogP contribution in [0.3, 0.4) is 0 Å². The summed E-state index contributed by atoms with van der Waals surface area (Å²) in [7, 11) is 0. The molecule has 0 aliphatic rings. The van der Waals surface area contributed by atoms with E-state index in [4.69, 9.17) is 9.84 Å². The molecule has 0 heterocycles. The second-order valence-corrected chi connectivity index (χ2v) is 3.80. The SMILES string of the molecule is Cc1cc([C@@H](C)O)ccc1OC(C)C(=O)O. The van der Waals surface area contributed by atoms with Gasteiger partial charge in [-0.15, -0.1) is 0 Å². The Bertz CT molecular complexity index is 385. The van der Waals surface area contributed by atoms with Crippen molar-refractivity contribution in [2.24, 2.45) is 0 Å². The summed E-state index contributed by atoms with van der Waals surface area (Å²) >= 11 is 0. The summed E-state index contributed by atoms with van der Waals surface area (Å²) in [5, 5.41) is 18.1. The molecular formula is C12H16O4. The van der Waals surface area contributed by atoms with Crippen molar-refractivity contribution in [2.45, 2.75) is 33.0 Å². The minimum Gasteiger partial charge on any atom is -0.479 e. The van der Waals surface area contributed by atoms with E-state index in [0.29, 0.717) is 5.75 Å². The third-order valence-corrected chi connectivity index (χ3v) is 2.33. The lowest BCUT2D eigenvalue weighted by molar-refractivity contribution is -0.144. The molecule has 88 valence electrons. The van der Waals surface area contributed by atoms with E-state index in [0.717, 1.165) is 11.1 Å². The van der Waals surface area contributed by atoms with Crippen LogP contribution in [0.15, 0.2) is 18.2 Å². The normalized spacial score (nSPS) is 14.2. The fraction of sp³-hybridized carbons (Fsp3) is 0.417. The van der Waals surface area contributed by atoms with Crippen LogP contribution in [-0.2, 0) is 4.79 Å². The van der Waals surface area contributed by atoms with Crippen LogP contribution in [0.2, 0.25) is 0 Å². The van der Waals surface area contributed by atoms with E-state index in [1.54, 1.807) is 25.1 Å². The molecule has 0 saturated heterocycles. The molecule has 0 aliphatic carbocycles. The summed E-state index contributed by atoms with van der Waals surface area (Å²) in [6.45, 7) is 4.97.